The lowest BCUT2D eigenvalue weighted by Gasteiger charge is -2.33. The van der Waals surface area contributed by atoms with Gasteiger partial charge in [0.25, 0.3) is 11.8 Å². The first kappa shape index (κ1) is 27.4. The molecule has 0 bridgehead atoms. The lowest BCUT2D eigenvalue weighted by Crippen LogP contribution is -2.47. The summed E-state index contributed by atoms with van der Waals surface area (Å²) in [6, 6.07) is 13.0. The van der Waals surface area contributed by atoms with E-state index >= 15 is 0 Å². The molecule has 1 aliphatic rings. The van der Waals surface area contributed by atoms with Gasteiger partial charge in [0.1, 0.15) is 4.88 Å². The van der Waals surface area contributed by atoms with Gasteiger partial charge in [0.2, 0.25) is 0 Å². The summed E-state index contributed by atoms with van der Waals surface area (Å²) in [7, 11) is 0. The lowest BCUT2D eigenvalue weighted by molar-refractivity contribution is -0.138. The van der Waals surface area contributed by atoms with Crippen LogP contribution >= 0.6 is 46.1 Å². The molecule has 1 aliphatic heterocycles. The molecule has 0 aliphatic carbocycles. The molecule has 0 radical (unpaired) electrons. The largest absolute Gasteiger partial charge is 0.480 e. The molecule has 0 atom stereocenters. The molecule has 2 heterocycles. The third kappa shape index (κ3) is 7.44. The van der Waals surface area contributed by atoms with Crippen LogP contribution in [0.15, 0.2) is 48.5 Å². The third-order valence-electron chi connectivity index (χ3n) is 5.72. The lowest BCUT2D eigenvalue weighted by atomic mass is 10.1. The molecule has 4 rings (SSSR count). The van der Waals surface area contributed by atoms with Crippen LogP contribution in [0.1, 0.15) is 24.9 Å². The van der Waals surface area contributed by atoms with E-state index in [0.717, 1.165) is 18.0 Å². The maximum absolute atomic E-state index is 13.1. The van der Waals surface area contributed by atoms with E-state index < -0.39 is 17.8 Å². The predicted molar refractivity (Wildman–Crippen MR) is 147 cm³/mol. The highest BCUT2D eigenvalue weighted by atomic mass is 35.5. The number of carboxylic acids is 1. The number of hydrogen-bond acceptors (Lipinski definition) is 6. The Hall–Kier alpha value is -2.66. The molecule has 2 amide bonds. The number of halogens is 3. The van der Waals surface area contributed by atoms with Crippen LogP contribution in [0.5, 0.6) is 0 Å². The number of amides is 2. The van der Waals surface area contributed by atoms with Crippen molar-refractivity contribution in [3.05, 3.63) is 78.9 Å². The minimum absolute atomic E-state index is 0.0351. The van der Waals surface area contributed by atoms with Crippen molar-refractivity contribution in [1.82, 2.24) is 9.80 Å². The second kappa shape index (κ2) is 12.3. The standard InChI is InChI=1S/C25H23Cl3N4O4S/c26-15-1-4-17(5-2-15)29-24(35)19-11-16(27)3-6-21(19)30-25(36)23-20(28)12-18(37-23)13-31-7-9-32(10-8-31)14-22(33)34/h1-6,11-12H,7-10,13-14H2,(H,29,35)(H,30,36)(H,33,34). The molecule has 12 heteroatoms. The van der Waals surface area contributed by atoms with E-state index in [1.54, 1.807) is 42.5 Å². The summed E-state index contributed by atoms with van der Waals surface area (Å²) < 4.78 is 0. The molecule has 3 N–H and O–H groups in total. The Morgan fingerprint density at radius 1 is 0.838 bits per heavy atom. The summed E-state index contributed by atoms with van der Waals surface area (Å²) in [5, 5.41) is 15.7. The monoisotopic (exact) mass is 580 g/mol. The van der Waals surface area contributed by atoms with Crippen molar-refractivity contribution in [3.8, 4) is 0 Å². The van der Waals surface area contributed by atoms with Crippen molar-refractivity contribution in [2.24, 2.45) is 0 Å². The van der Waals surface area contributed by atoms with Gasteiger partial charge in [-0.15, -0.1) is 11.3 Å². The summed E-state index contributed by atoms with van der Waals surface area (Å²) in [6.45, 7) is 3.41. The van der Waals surface area contributed by atoms with Gasteiger partial charge in [-0.05, 0) is 48.5 Å². The van der Waals surface area contributed by atoms with Gasteiger partial charge in [-0.3, -0.25) is 24.2 Å². The molecule has 0 spiro atoms. The van der Waals surface area contributed by atoms with E-state index in [1.165, 1.54) is 17.4 Å². The van der Waals surface area contributed by atoms with Gasteiger partial charge in [-0.2, -0.15) is 0 Å². The number of anilines is 2. The molecule has 3 aromatic rings. The average molecular weight is 582 g/mol. The fourth-order valence-corrected chi connectivity index (χ4v) is 5.57. The number of carbonyl (C=O) groups is 3. The van der Waals surface area contributed by atoms with Crippen LogP contribution in [0.4, 0.5) is 11.4 Å². The molecule has 37 heavy (non-hydrogen) atoms. The van der Waals surface area contributed by atoms with E-state index in [-0.39, 0.29) is 12.1 Å². The predicted octanol–water partition coefficient (Wildman–Crippen LogP) is 5.42. The number of nitrogens with one attached hydrogen (secondary N) is 2. The van der Waals surface area contributed by atoms with Crippen molar-refractivity contribution < 1.29 is 19.5 Å². The van der Waals surface area contributed by atoms with Gasteiger partial charge in [0.05, 0.1) is 22.8 Å². The van der Waals surface area contributed by atoms with Crippen molar-refractivity contribution in [2.45, 2.75) is 6.54 Å². The molecular weight excluding hydrogens is 559 g/mol. The van der Waals surface area contributed by atoms with Crippen LogP contribution in [0.3, 0.4) is 0 Å². The number of piperazine rings is 1. The third-order valence-corrected chi connectivity index (χ3v) is 7.74. The highest BCUT2D eigenvalue weighted by Gasteiger charge is 2.22. The highest BCUT2D eigenvalue weighted by molar-refractivity contribution is 7.14. The Balaban J connectivity index is 1.42. The first-order valence-corrected chi connectivity index (χ1v) is 13.3. The molecule has 8 nitrogen and oxygen atoms in total. The number of aliphatic carboxylic acids is 1. The Bertz CT molecular complexity index is 1310. The van der Waals surface area contributed by atoms with E-state index in [4.69, 9.17) is 39.9 Å². The number of carbonyl (C=O) groups excluding carboxylic acids is 2. The van der Waals surface area contributed by atoms with Gasteiger partial charge in [0.15, 0.2) is 0 Å². The number of nitrogens with zero attached hydrogens (tertiary/aromatic N) is 2. The van der Waals surface area contributed by atoms with E-state index in [2.05, 4.69) is 15.5 Å². The molecule has 1 aromatic heterocycles. The number of thiophene rings is 1. The molecule has 1 fully saturated rings. The zero-order valence-electron chi connectivity index (χ0n) is 19.5. The molecule has 0 saturated carbocycles. The Morgan fingerprint density at radius 2 is 1.49 bits per heavy atom. The fourth-order valence-electron chi connectivity index (χ4n) is 3.89. The van der Waals surface area contributed by atoms with Crippen molar-refractivity contribution in [2.75, 3.05) is 43.4 Å². The van der Waals surface area contributed by atoms with Crippen LogP contribution in [-0.4, -0.2) is 65.4 Å². The van der Waals surface area contributed by atoms with Gasteiger partial charge in [0, 0.05) is 53.3 Å². The normalized spacial score (nSPS) is 14.4. The minimum atomic E-state index is -0.833. The first-order valence-electron chi connectivity index (χ1n) is 11.3. The van der Waals surface area contributed by atoms with E-state index in [1.807, 2.05) is 4.90 Å². The van der Waals surface area contributed by atoms with Gasteiger partial charge < -0.3 is 15.7 Å². The molecule has 2 aromatic carbocycles. The zero-order chi connectivity index (χ0) is 26.5. The quantitative estimate of drug-likeness (QED) is 0.329. The summed E-state index contributed by atoms with van der Waals surface area (Å²) >= 11 is 19.7. The number of rotatable bonds is 8. The van der Waals surface area contributed by atoms with E-state index in [0.29, 0.717) is 51.0 Å². The van der Waals surface area contributed by atoms with Crippen LogP contribution in [0.25, 0.3) is 0 Å². The number of hydrogen-bond donors (Lipinski definition) is 3. The van der Waals surface area contributed by atoms with Crippen LogP contribution in [0.2, 0.25) is 15.1 Å². The zero-order valence-corrected chi connectivity index (χ0v) is 22.6. The van der Waals surface area contributed by atoms with Gasteiger partial charge in [-0.1, -0.05) is 34.8 Å². The second-order valence-corrected chi connectivity index (χ2v) is 10.9. The maximum Gasteiger partial charge on any atom is 0.317 e. The second-order valence-electron chi connectivity index (χ2n) is 8.44. The summed E-state index contributed by atoms with van der Waals surface area (Å²) in [4.78, 5) is 42.3. The molecule has 0 unspecified atom stereocenters. The van der Waals surface area contributed by atoms with Crippen LogP contribution in [-0.2, 0) is 11.3 Å². The molecular formula is C25H23Cl3N4O4S. The Morgan fingerprint density at radius 3 is 2.16 bits per heavy atom. The summed E-state index contributed by atoms with van der Waals surface area (Å²) in [5.41, 5.74) is 1.03. The van der Waals surface area contributed by atoms with Crippen LogP contribution < -0.4 is 10.6 Å². The van der Waals surface area contributed by atoms with Gasteiger partial charge >= 0.3 is 5.97 Å². The van der Waals surface area contributed by atoms with Crippen molar-refractivity contribution in [3.63, 3.8) is 0 Å². The average Bonchev–Trinajstić information content (AvgIpc) is 3.22. The summed E-state index contributed by atoms with van der Waals surface area (Å²) in [5.74, 6) is -1.71. The SMILES string of the molecule is O=C(O)CN1CCN(Cc2cc(Cl)c(C(=O)Nc3ccc(Cl)cc3C(=O)Nc3ccc(Cl)cc3)s2)CC1. The Labute approximate surface area is 232 Å². The van der Waals surface area contributed by atoms with Crippen molar-refractivity contribution >= 4 is 75.3 Å². The first-order chi connectivity index (χ1) is 17.7. The minimum Gasteiger partial charge on any atom is -0.480 e. The number of benzene rings is 2. The number of carboxylic acid groups (broad SMARTS) is 1. The maximum atomic E-state index is 13.1. The van der Waals surface area contributed by atoms with Crippen molar-refractivity contribution in [1.29, 1.82) is 0 Å². The smallest absolute Gasteiger partial charge is 0.317 e. The fraction of sp³-hybridized carbons (Fsp3) is 0.240. The summed E-state index contributed by atoms with van der Waals surface area (Å²) in [6.07, 6.45) is 0. The topological polar surface area (TPSA) is 102 Å². The van der Waals surface area contributed by atoms with Crippen LogP contribution in [0, 0.1) is 0 Å². The van der Waals surface area contributed by atoms with E-state index in [9.17, 15) is 14.4 Å². The molecule has 1 saturated heterocycles. The Kier molecular flexibility index (Phi) is 9.07. The highest BCUT2D eigenvalue weighted by Crippen LogP contribution is 2.30. The molecule has 194 valence electrons. The van der Waals surface area contributed by atoms with Gasteiger partial charge in [-0.25, -0.2) is 0 Å².